The Morgan fingerprint density at radius 2 is 2.28 bits per heavy atom. The fourth-order valence-corrected chi connectivity index (χ4v) is 2.31. The second-order valence-corrected chi connectivity index (χ2v) is 4.93. The monoisotopic (exact) mass is 243 g/mol. The van der Waals surface area contributed by atoms with E-state index in [-0.39, 0.29) is 11.9 Å². The van der Waals surface area contributed by atoms with Gasteiger partial charge in [-0.1, -0.05) is 6.07 Å². The zero-order chi connectivity index (χ0) is 12.5. The van der Waals surface area contributed by atoms with Crippen LogP contribution in [0.5, 0.6) is 0 Å². The summed E-state index contributed by atoms with van der Waals surface area (Å²) in [7, 11) is 0. The quantitative estimate of drug-likeness (QED) is 0.764. The third-order valence-electron chi connectivity index (χ3n) is 3.58. The SMILES string of the molecule is NCC(NC(=O)c1ccc2cc[nH]c2c1)C1CC1. The van der Waals surface area contributed by atoms with Crippen molar-refractivity contribution in [1.29, 1.82) is 0 Å². The van der Waals surface area contributed by atoms with Gasteiger partial charge in [-0.3, -0.25) is 4.79 Å². The van der Waals surface area contributed by atoms with Crippen LogP contribution in [0.3, 0.4) is 0 Å². The number of fused-ring (bicyclic) bond motifs is 1. The molecule has 3 rings (SSSR count). The van der Waals surface area contributed by atoms with Crippen LogP contribution in [0, 0.1) is 5.92 Å². The van der Waals surface area contributed by atoms with Crippen LogP contribution in [0.1, 0.15) is 23.2 Å². The number of aromatic amines is 1. The number of nitrogens with one attached hydrogen (secondary N) is 2. The van der Waals surface area contributed by atoms with E-state index in [1.807, 2.05) is 30.5 Å². The summed E-state index contributed by atoms with van der Waals surface area (Å²) in [5.74, 6) is 0.544. The molecule has 1 amide bonds. The molecule has 1 aliphatic rings. The van der Waals surface area contributed by atoms with Crippen molar-refractivity contribution in [3.63, 3.8) is 0 Å². The number of aromatic nitrogens is 1. The van der Waals surface area contributed by atoms with E-state index in [0.717, 1.165) is 10.9 Å². The molecule has 0 aliphatic heterocycles. The van der Waals surface area contributed by atoms with E-state index in [9.17, 15) is 4.79 Å². The molecule has 0 saturated heterocycles. The topological polar surface area (TPSA) is 70.9 Å². The maximum atomic E-state index is 12.1. The van der Waals surface area contributed by atoms with Gasteiger partial charge in [-0.05, 0) is 42.3 Å². The van der Waals surface area contributed by atoms with E-state index in [2.05, 4.69) is 10.3 Å². The predicted octanol–water partition coefficient (Wildman–Crippen LogP) is 1.63. The smallest absolute Gasteiger partial charge is 0.251 e. The van der Waals surface area contributed by atoms with Crippen molar-refractivity contribution in [3.8, 4) is 0 Å². The molecule has 1 unspecified atom stereocenters. The summed E-state index contributed by atoms with van der Waals surface area (Å²) in [5.41, 5.74) is 7.36. The summed E-state index contributed by atoms with van der Waals surface area (Å²) in [5, 5.41) is 4.14. The van der Waals surface area contributed by atoms with Gasteiger partial charge in [0.1, 0.15) is 0 Å². The molecule has 0 spiro atoms. The Hall–Kier alpha value is -1.81. The molecule has 0 bridgehead atoms. The fraction of sp³-hybridized carbons (Fsp3) is 0.357. The lowest BCUT2D eigenvalue weighted by Gasteiger charge is -2.15. The number of hydrogen-bond donors (Lipinski definition) is 3. The van der Waals surface area contributed by atoms with Crippen LogP contribution in [0.25, 0.3) is 10.9 Å². The summed E-state index contributed by atoms with van der Waals surface area (Å²) in [6.07, 6.45) is 4.23. The molecule has 4 N–H and O–H groups in total. The second-order valence-electron chi connectivity index (χ2n) is 4.93. The molecule has 2 aromatic rings. The Kier molecular flexibility index (Phi) is 2.80. The van der Waals surface area contributed by atoms with Crippen molar-refractivity contribution in [2.75, 3.05) is 6.54 Å². The highest BCUT2D eigenvalue weighted by molar-refractivity contribution is 5.98. The standard InChI is InChI=1S/C14H17N3O/c15-8-13(9-1-2-9)17-14(18)11-4-3-10-5-6-16-12(10)7-11/h3-7,9,13,16H,1-2,8,15H2,(H,17,18). The average Bonchev–Trinajstić information content (AvgIpc) is 3.12. The van der Waals surface area contributed by atoms with Crippen LogP contribution >= 0.6 is 0 Å². The number of hydrogen-bond acceptors (Lipinski definition) is 2. The number of amides is 1. The summed E-state index contributed by atoms with van der Waals surface area (Å²) < 4.78 is 0. The molecular weight excluding hydrogens is 226 g/mol. The highest BCUT2D eigenvalue weighted by Crippen LogP contribution is 2.32. The molecule has 1 aromatic heterocycles. The van der Waals surface area contributed by atoms with Crippen LogP contribution in [-0.2, 0) is 0 Å². The van der Waals surface area contributed by atoms with Crippen LogP contribution in [0.4, 0.5) is 0 Å². The molecular formula is C14H17N3O. The largest absolute Gasteiger partial charge is 0.361 e. The normalized spacial score (nSPS) is 16.7. The third-order valence-corrected chi connectivity index (χ3v) is 3.58. The lowest BCUT2D eigenvalue weighted by atomic mass is 10.1. The van der Waals surface area contributed by atoms with Gasteiger partial charge in [0.2, 0.25) is 0 Å². The van der Waals surface area contributed by atoms with E-state index >= 15 is 0 Å². The van der Waals surface area contributed by atoms with E-state index < -0.39 is 0 Å². The summed E-state index contributed by atoms with van der Waals surface area (Å²) in [4.78, 5) is 15.2. The Labute approximate surface area is 106 Å². The van der Waals surface area contributed by atoms with Gasteiger partial charge in [-0.2, -0.15) is 0 Å². The molecule has 1 heterocycles. The summed E-state index contributed by atoms with van der Waals surface area (Å²) in [6.45, 7) is 0.515. The van der Waals surface area contributed by atoms with Gasteiger partial charge in [-0.25, -0.2) is 0 Å². The Morgan fingerprint density at radius 1 is 1.44 bits per heavy atom. The first-order valence-electron chi connectivity index (χ1n) is 6.36. The Balaban J connectivity index is 1.78. The number of nitrogens with two attached hydrogens (primary N) is 1. The van der Waals surface area contributed by atoms with Crippen LogP contribution in [0.2, 0.25) is 0 Å². The highest BCUT2D eigenvalue weighted by atomic mass is 16.1. The van der Waals surface area contributed by atoms with E-state index in [1.165, 1.54) is 12.8 Å². The zero-order valence-corrected chi connectivity index (χ0v) is 10.1. The van der Waals surface area contributed by atoms with Gasteiger partial charge in [0, 0.05) is 29.9 Å². The van der Waals surface area contributed by atoms with Gasteiger partial charge in [-0.15, -0.1) is 0 Å². The maximum Gasteiger partial charge on any atom is 0.251 e. The first-order chi connectivity index (χ1) is 8.78. The Morgan fingerprint density at radius 3 is 3.00 bits per heavy atom. The number of benzene rings is 1. The highest BCUT2D eigenvalue weighted by Gasteiger charge is 2.31. The number of H-pyrrole nitrogens is 1. The Bertz CT molecular complexity index is 571. The lowest BCUT2D eigenvalue weighted by Crippen LogP contribution is -2.41. The molecule has 4 nitrogen and oxygen atoms in total. The third kappa shape index (κ3) is 2.11. The molecule has 4 heteroatoms. The van der Waals surface area contributed by atoms with Crippen molar-refractivity contribution in [1.82, 2.24) is 10.3 Å². The van der Waals surface area contributed by atoms with Gasteiger partial charge in [0.15, 0.2) is 0 Å². The molecule has 1 saturated carbocycles. The van der Waals surface area contributed by atoms with Gasteiger partial charge in [0.05, 0.1) is 0 Å². The van der Waals surface area contributed by atoms with Gasteiger partial charge in [0.25, 0.3) is 5.91 Å². The van der Waals surface area contributed by atoms with Crippen molar-refractivity contribution < 1.29 is 4.79 Å². The van der Waals surface area contributed by atoms with Crippen LogP contribution in [0.15, 0.2) is 30.5 Å². The van der Waals surface area contributed by atoms with Crippen LogP contribution < -0.4 is 11.1 Å². The minimum atomic E-state index is -0.0335. The second kappa shape index (κ2) is 4.46. The molecule has 94 valence electrons. The fourth-order valence-electron chi connectivity index (χ4n) is 2.31. The van der Waals surface area contributed by atoms with Crippen molar-refractivity contribution in [2.45, 2.75) is 18.9 Å². The first kappa shape index (κ1) is 11.3. The molecule has 1 aliphatic carbocycles. The van der Waals surface area contributed by atoms with E-state index in [4.69, 9.17) is 5.73 Å². The number of carbonyl (C=O) groups excluding carboxylic acids is 1. The first-order valence-corrected chi connectivity index (χ1v) is 6.36. The van der Waals surface area contributed by atoms with Crippen molar-refractivity contribution >= 4 is 16.8 Å². The number of carbonyl (C=O) groups is 1. The molecule has 1 atom stereocenters. The minimum absolute atomic E-state index is 0.0335. The van der Waals surface area contributed by atoms with Crippen molar-refractivity contribution in [3.05, 3.63) is 36.0 Å². The van der Waals surface area contributed by atoms with E-state index in [0.29, 0.717) is 18.0 Å². The molecule has 1 aromatic carbocycles. The van der Waals surface area contributed by atoms with Crippen molar-refractivity contribution in [2.24, 2.45) is 11.7 Å². The van der Waals surface area contributed by atoms with Gasteiger partial charge < -0.3 is 16.0 Å². The summed E-state index contributed by atoms with van der Waals surface area (Å²) in [6, 6.07) is 7.80. The summed E-state index contributed by atoms with van der Waals surface area (Å²) >= 11 is 0. The average molecular weight is 243 g/mol. The van der Waals surface area contributed by atoms with Gasteiger partial charge >= 0.3 is 0 Å². The minimum Gasteiger partial charge on any atom is -0.361 e. The zero-order valence-electron chi connectivity index (χ0n) is 10.1. The maximum absolute atomic E-state index is 12.1. The van der Waals surface area contributed by atoms with Crippen LogP contribution in [-0.4, -0.2) is 23.5 Å². The predicted molar refractivity (Wildman–Crippen MR) is 71.3 cm³/mol. The molecule has 18 heavy (non-hydrogen) atoms. The van der Waals surface area contributed by atoms with E-state index in [1.54, 1.807) is 0 Å². The number of rotatable bonds is 4. The molecule has 0 radical (unpaired) electrons. The lowest BCUT2D eigenvalue weighted by molar-refractivity contribution is 0.0933. The molecule has 1 fully saturated rings.